The number of benzene rings is 1. The van der Waals surface area contributed by atoms with Crippen LogP contribution in [0.15, 0.2) is 71.9 Å². The summed E-state index contributed by atoms with van der Waals surface area (Å²) in [7, 11) is 0. The lowest BCUT2D eigenvalue weighted by Gasteiger charge is -2.63. The van der Waals surface area contributed by atoms with Crippen molar-refractivity contribution in [3.8, 4) is 0 Å². The summed E-state index contributed by atoms with van der Waals surface area (Å²) in [5.74, 6) is -5.08. The summed E-state index contributed by atoms with van der Waals surface area (Å²) in [5.41, 5.74) is -12.5. The third kappa shape index (κ3) is 6.65. The van der Waals surface area contributed by atoms with Crippen molar-refractivity contribution in [1.82, 2.24) is 0 Å². The average Bonchev–Trinajstić information content (AvgIpc) is 3.97. The molecular formula is C52H57ClF6O10S2. The van der Waals surface area contributed by atoms with E-state index in [-0.39, 0.29) is 49.7 Å². The Labute approximate surface area is 421 Å². The zero-order valence-corrected chi connectivity index (χ0v) is 42.3. The van der Waals surface area contributed by atoms with Crippen LogP contribution < -0.4 is 0 Å². The topological polar surface area (TPSA) is 146 Å². The Balaban J connectivity index is 0.000000166. The number of ketones is 2. The van der Waals surface area contributed by atoms with Crippen molar-refractivity contribution in [2.75, 3.05) is 12.0 Å². The summed E-state index contributed by atoms with van der Waals surface area (Å²) in [6.07, 6.45) is -1.86. The second-order valence-corrected chi connectivity index (χ2v) is 24.7. The molecule has 0 spiro atoms. The van der Waals surface area contributed by atoms with Crippen LogP contribution in [0.25, 0.3) is 0 Å². The summed E-state index contributed by atoms with van der Waals surface area (Å²) < 4.78 is 118. The van der Waals surface area contributed by atoms with Crippen LogP contribution in [0, 0.1) is 45.3 Å². The summed E-state index contributed by atoms with van der Waals surface area (Å²) in [4.78, 5) is 51.0. The third-order valence-corrected chi connectivity index (χ3v) is 20.7. The molecular weight excluding hydrogens is 998 g/mol. The smallest absolute Gasteiger partial charge is 0.226 e. The molecule has 1 unspecified atom stereocenters. The number of carbonyl (C=O) groups excluding carboxylic acids is 4. The number of ether oxygens (including phenoxy) is 4. The fourth-order valence-electron chi connectivity index (χ4n) is 16.0. The maximum Gasteiger partial charge on any atom is 0.226 e. The van der Waals surface area contributed by atoms with Crippen LogP contribution in [0.1, 0.15) is 91.9 Å². The molecule has 386 valence electrons. The Morgan fingerprint density at radius 1 is 0.676 bits per heavy atom. The first-order chi connectivity index (χ1) is 33.2. The molecule has 2 saturated heterocycles. The number of hydrogen-bond acceptors (Lipinski definition) is 12. The monoisotopic (exact) mass is 1050 g/mol. The molecule has 11 rings (SSSR count). The second kappa shape index (κ2) is 16.8. The van der Waals surface area contributed by atoms with Crippen LogP contribution in [0.2, 0.25) is 5.02 Å². The summed E-state index contributed by atoms with van der Waals surface area (Å²) in [6, 6.07) is 4.79. The minimum Gasteiger partial charge on any atom is -0.390 e. The Morgan fingerprint density at radius 3 is 1.61 bits per heavy atom. The first-order valence-corrected chi connectivity index (χ1v) is 26.4. The second-order valence-electron chi connectivity index (χ2n) is 22.5. The molecule has 2 N–H and O–H groups in total. The van der Waals surface area contributed by atoms with Gasteiger partial charge in [0.15, 0.2) is 46.2 Å². The van der Waals surface area contributed by atoms with E-state index < -0.39 is 151 Å². The van der Waals surface area contributed by atoms with Crippen molar-refractivity contribution in [3.05, 3.63) is 82.5 Å². The van der Waals surface area contributed by atoms with Gasteiger partial charge < -0.3 is 29.2 Å². The lowest BCUT2D eigenvalue weighted by Crippen LogP contribution is -2.70. The molecule has 1 aromatic carbocycles. The maximum absolute atomic E-state index is 17.4. The number of carbonyl (C=O) groups is 4. The van der Waals surface area contributed by atoms with E-state index in [2.05, 4.69) is 0 Å². The number of hydrogen-bond donors (Lipinski definition) is 2. The Kier molecular flexibility index (Phi) is 12.3. The van der Waals surface area contributed by atoms with Crippen LogP contribution in [0.5, 0.6) is 0 Å². The summed E-state index contributed by atoms with van der Waals surface area (Å²) in [5, 5.41) is 22.3. The van der Waals surface area contributed by atoms with Gasteiger partial charge in [-0.05, 0) is 126 Å². The largest absolute Gasteiger partial charge is 0.390 e. The van der Waals surface area contributed by atoms with E-state index in [4.69, 9.17) is 30.5 Å². The molecule has 19 heteroatoms. The number of halogens is 7. The number of rotatable bonds is 5. The SMILES string of the molecule is CC1(C)O[C@@H]2C[C@H]3[C@@H]4C[C@H](F)C5=CC(=O)C=C[C@]5(C)[C@@]4(F)[C@@H](O)C[C@]3(C)[C@]2(C(=O)SCF)O1.C[C@]12C=CC(=O)C=C1[C@@H](F)C[C@H]1[C@@H]3C[C@H]4OC(c5ccc(Cl)cc5)O[C@@]4(C(=O)SCF)[C@@]3(C)C[C@H](O)[C@@]12F. The Hall–Kier alpha value is -2.81. The van der Waals surface area contributed by atoms with Crippen molar-refractivity contribution in [3.63, 3.8) is 0 Å². The van der Waals surface area contributed by atoms with E-state index in [0.717, 1.165) is 12.2 Å². The number of thioether (sulfide) groups is 2. The molecule has 8 fully saturated rings. The Bertz CT molecular complexity index is 2580. The van der Waals surface area contributed by atoms with Crippen LogP contribution in [0.4, 0.5) is 26.3 Å². The highest BCUT2D eigenvalue weighted by Gasteiger charge is 2.82. The van der Waals surface area contributed by atoms with Gasteiger partial charge in [0, 0.05) is 44.1 Å². The number of alkyl halides is 6. The fourth-order valence-corrected chi connectivity index (χ4v) is 17.6. The lowest BCUT2D eigenvalue weighted by molar-refractivity contribution is -0.246. The van der Waals surface area contributed by atoms with Crippen molar-refractivity contribution in [2.24, 2.45) is 45.3 Å². The van der Waals surface area contributed by atoms with Gasteiger partial charge >= 0.3 is 0 Å². The molecule has 2 aliphatic heterocycles. The molecule has 19 atom stereocenters. The van der Waals surface area contributed by atoms with Gasteiger partial charge in [-0.15, -0.1) is 0 Å². The minimum atomic E-state index is -2.30. The fraction of sp³-hybridized carbons (Fsp3) is 0.654. The molecule has 2 heterocycles. The van der Waals surface area contributed by atoms with Crippen molar-refractivity contribution < 1.29 is 74.7 Å². The van der Waals surface area contributed by atoms with E-state index in [1.807, 2.05) is 0 Å². The molecule has 0 aromatic heterocycles. The normalized spacial score (nSPS) is 49.4. The quantitative estimate of drug-likeness (QED) is 0.271. The standard InChI is InChI=1S/C28H28ClF3O5S.C24H29F3O5S/c1-25-8-7-16(33)9-19(25)20(31)10-18-17-11-22-28(24(35)38-13-30,26(17,2)12-21(34)27(18,25)32)37-23(36-22)14-3-5-15(29)6-4-14;1-20(2)31-18-9-13-14-8-16(26)15-7-12(28)5-6-21(15,3)23(14,27)17(29)10-22(13,4)24(18,32-20)19(30)33-11-25/h3-9,17-18,20-23,34H,10-13H2,1-2H3;5-7,13-14,16-18,29H,8-11H2,1-4H3/t17-,18-,20-,21-,22+,23?,25-,26-,27-,28-;13-,14-,16-,17-,18+,21-,22-,23-,24-/m00/s1. The van der Waals surface area contributed by atoms with Gasteiger partial charge in [0.1, 0.15) is 24.4 Å². The molecule has 6 saturated carbocycles. The molecule has 0 radical (unpaired) electrons. The molecule has 10 nitrogen and oxygen atoms in total. The highest BCUT2D eigenvalue weighted by Crippen LogP contribution is 2.75. The van der Waals surface area contributed by atoms with Gasteiger partial charge in [-0.3, -0.25) is 19.2 Å². The van der Waals surface area contributed by atoms with Crippen LogP contribution in [-0.4, -0.2) is 109 Å². The predicted molar refractivity (Wildman–Crippen MR) is 251 cm³/mol. The first-order valence-electron chi connectivity index (χ1n) is 24.0. The van der Waals surface area contributed by atoms with Crippen LogP contribution in [0.3, 0.4) is 0 Å². The van der Waals surface area contributed by atoms with Crippen molar-refractivity contribution in [2.45, 2.75) is 151 Å². The highest BCUT2D eigenvalue weighted by atomic mass is 35.5. The zero-order chi connectivity index (χ0) is 51.4. The van der Waals surface area contributed by atoms with Gasteiger partial charge in [-0.25, -0.2) is 26.3 Å². The minimum absolute atomic E-state index is 0.0265. The van der Waals surface area contributed by atoms with Crippen molar-refractivity contribution >= 4 is 56.9 Å². The van der Waals surface area contributed by atoms with Gasteiger partial charge in [-0.1, -0.05) is 73.3 Å². The molecule has 10 aliphatic rings. The number of aliphatic hydroxyl groups excluding tert-OH is 2. The third-order valence-electron chi connectivity index (χ3n) is 19.1. The number of aliphatic hydroxyl groups is 2. The van der Waals surface area contributed by atoms with Gasteiger partial charge in [0.25, 0.3) is 0 Å². The average molecular weight is 1060 g/mol. The van der Waals surface area contributed by atoms with Crippen LogP contribution in [-0.2, 0) is 38.1 Å². The predicted octanol–water partition coefficient (Wildman–Crippen LogP) is 9.60. The van der Waals surface area contributed by atoms with Gasteiger partial charge in [-0.2, -0.15) is 0 Å². The molecule has 0 amide bonds. The van der Waals surface area contributed by atoms with E-state index in [0.29, 0.717) is 34.1 Å². The summed E-state index contributed by atoms with van der Waals surface area (Å²) in [6.45, 7) is 9.87. The highest BCUT2D eigenvalue weighted by molar-refractivity contribution is 8.14. The van der Waals surface area contributed by atoms with E-state index in [1.165, 1.54) is 38.2 Å². The molecule has 0 bridgehead atoms. The van der Waals surface area contributed by atoms with E-state index >= 15 is 17.6 Å². The lowest BCUT2D eigenvalue weighted by atomic mass is 9.44. The zero-order valence-electron chi connectivity index (χ0n) is 39.9. The molecule has 1 aromatic rings. The molecule has 8 aliphatic carbocycles. The van der Waals surface area contributed by atoms with Gasteiger partial charge in [0.05, 0.1) is 24.4 Å². The van der Waals surface area contributed by atoms with E-state index in [1.54, 1.807) is 52.0 Å². The Morgan fingerprint density at radius 2 is 1.13 bits per heavy atom. The number of fused-ring (bicyclic) bond motifs is 14. The first kappa shape index (κ1) is 51.7. The molecule has 71 heavy (non-hydrogen) atoms. The van der Waals surface area contributed by atoms with Crippen LogP contribution >= 0.6 is 35.1 Å². The van der Waals surface area contributed by atoms with Gasteiger partial charge in [0.2, 0.25) is 10.2 Å². The maximum atomic E-state index is 17.4. The van der Waals surface area contributed by atoms with Crippen molar-refractivity contribution in [1.29, 1.82) is 0 Å². The van der Waals surface area contributed by atoms with E-state index in [9.17, 15) is 38.2 Å². The summed E-state index contributed by atoms with van der Waals surface area (Å²) >= 11 is 6.96. The number of allylic oxidation sites excluding steroid dienone is 8.